The van der Waals surface area contributed by atoms with Gasteiger partial charge >= 0.3 is 5.97 Å². The fourth-order valence-corrected chi connectivity index (χ4v) is 3.98. The van der Waals surface area contributed by atoms with Gasteiger partial charge in [0, 0.05) is 26.4 Å². The van der Waals surface area contributed by atoms with E-state index < -0.39 is 16.0 Å². The summed E-state index contributed by atoms with van der Waals surface area (Å²) in [4.78, 5) is 10.6. The number of sulfonamides is 1. The van der Waals surface area contributed by atoms with Crippen LogP contribution in [0.3, 0.4) is 0 Å². The molecule has 1 fully saturated rings. The fourth-order valence-electron chi connectivity index (χ4n) is 2.47. The Bertz CT molecular complexity index is 596. The third kappa shape index (κ3) is 3.80. The van der Waals surface area contributed by atoms with E-state index in [1.54, 1.807) is 7.11 Å². The molecule has 9 heteroatoms. The highest BCUT2D eigenvalue weighted by atomic mass is 32.2. The average molecular weight is 317 g/mol. The number of carboxylic acid groups (broad SMARTS) is 1. The highest BCUT2D eigenvalue weighted by molar-refractivity contribution is 7.89. The van der Waals surface area contributed by atoms with Gasteiger partial charge in [0.15, 0.2) is 0 Å². The molecule has 0 amide bonds. The Labute approximate surface area is 123 Å². The zero-order valence-electron chi connectivity index (χ0n) is 11.8. The predicted octanol–water partition coefficient (Wildman–Crippen LogP) is 0.0148. The molecule has 1 N–H and O–H groups in total. The zero-order valence-corrected chi connectivity index (χ0v) is 12.6. The van der Waals surface area contributed by atoms with Crippen molar-refractivity contribution in [2.75, 3.05) is 26.8 Å². The number of carboxylic acids is 1. The smallest absolute Gasteiger partial charge is 0.325 e. The molecule has 0 spiro atoms. The normalized spacial score (nSPS) is 20.5. The van der Waals surface area contributed by atoms with Crippen molar-refractivity contribution in [1.82, 2.24) is 14.1 Å². The Morgan fingerprint density at radius 1 is 1.57 bits per heavy atom. The van der Waals surface area contributed by atoms with Gasteiger partial charge in [-0.2, -0.15) is 9.40 Å². The number of aromatic nitrogens is 2. The van der Waals surface area contributed by atoms with Crippen molar-refractivity contribution in [3.05, 3.63) is 12.4 Å². The molecular weight excluding hydrogens is 298 g/mol. The van der Waals surface area contributed by atoms with Crippen molar-refractivity contribution in [1.29, 1.82) is 0 Å². The summed E-state index contributed by atoms with van der Waals surface area (Å²) in [5.41, 5.74) is 0. The largest absolute Gasteiger partial charge is 0.480 e. The van der Waals surface area contributed by atoms with Gasteiger partial charge in [0.2, 0.25) is 10.0 Å². The predicted molar refractivity (Wildman–Crippen MR) is 73.2 cm³/mol. The molecule has 1 aliphatic rings. The van der Waals surface area contributed by atoms with Crippen LogP contribution in [0.2, 0.25) is 0 Å². The maximum absolute atomic E-state index is 12.5. The Kier molecular flexibility index (Phi) is 4.96. The minimum absolute atomic E-state index is 0.0295. The summed E-state index contributed by atoms with van der Waals surface area (Å²) in [7, 11) is -2.03. The fraction of sp³-hybridized carbons (Fsp3) is 0.667. The van der Waals surface area contributed by atoms with E-state index in [9.17, 15) is 13.2 Å². The van der Waals surface area contributed by atoms with E-state index in [4.69, 9.17) is 9.84 Å². The summed E-state index contributed by atoms with van der Waals surface area (Å²) in [5, 5.41) is 12.5. The molecule has 8 nitrogen and oxygen atoms in total. The molecule has 0 bridgehead atoms. The Morgan fingerprint density at radius 2 is 2.33 bits per heavy atom. The molecule has 1 aromatic rings. The molecule has 0 saturated carbocycles. The Hall–Kier alpha value is -1.45. The molecule has 1 unspecified atom stereocenters. The molecule has 1 aliphatic heterocycles. The van der Waals surface area contributed by atoms with Gasteiger partial charge in [-0.15, -0.1) is 0 Å². The van der Waals surface area contributed by atoms with E-state index >= 15 is 0 Å². The number of methoxy groups -OCH3 is 1. The first-order chi connectivity index (χ1) is 9.93. The van der Waals surface area contributed by atoms with E-state index in [0.717, 1.165) is 17.5 Å². The van der Waals surface area contributed by atoms with Crippen molar-refractivity contribution in [3.8, 4) is 0 Å². The quantitative estimate of drug-likeness (QED) is 0.793. The second-order valence-electron chi connectivity index (χ2n) is 5.09. The van der Waals surface area contributed by atoms with Crippen LogP contribution in [-0.4, -0.2) is 60.4 Å². The number of nitrogens with zero attached hydrogens (tertiary/aromatic N) is 3. The number of hydrogen-bond acceptors (Lipinski definition) is 5. The number of ether oxygens (including phenoxy) is 1. The molecule has 21 heavy (non-hydrogen) atoms. The van der Waals surface area contributed by atoms with Gasteiger partial charge in [-0.25, -0.2) is 8.42 Å². The first kappa shape index (κ1) is 15.9. The van der Waals surface area contributed by atoms with Crippen molar-refractivity contribution < 1.29 is 23.1 Å². The van der Waals surface area contributed by atoms with Crippen LogP contribution in [0.15, 0.2) is 17.3 Å². The zero-order chi connectivity index (χ0) is 15.5. The van der Waals surface area contributed by atoms with Crippen LogP contribution in [0, 0.1) is 5.92 Å². The van der Waals surface area contributed by atoms with Crippen LogP contribution < -0.4 is 0 Å². The highest BCUT2D eigenvalue weighted by Gasteiger charge is 2.31. The second kappa shape index (κ2) is 6.54. The first-order valence-electron chi connectivity index (χ1n) is 6.67. The summed E-state index contributed by atoms with van der Waals surface area (Å²) in [6, 6.07) is 0. The van der Waals surface area contributed by atoms with Gasteiger partial charge in [-0.3, -0.25) is 9.48 Å². The highest BCUT2D eigenvalue weighted by Crippen LogP contribution is 2.23. The molecule has 0 aliphatic carbocycles. The Morgan fingerprint density at radius 3 is 3.00 bits per heavy atom. The molecule has 2 heterocycles. The molecule has 2 rings (SSSR count). The SMILES string of the molecule is COCC1CCCN(S(=O)(=O)c2cnn(CC(=O)O)c2)C1. The van der Waals surface area contributed by atoms with Crippen LogP contribution in [0.25, 0.3) is 0 Å². The molecule has 0 aromatic carbocycles. The van der Waals surface area contributed by atoms with Gasteiger partial charge < -0.3 is 9.84 Å². The molecule has 118 valence electrons. The maximum atomic E-state index is 12.5. The number of piperidine rings is 1. The van der Waals surface area contributed by atoms with E-state index in [1.807, 2.05) is 0 Å². The minimum Gasteiger partial charge on any atom is -0.480 e. The Balaban J connectivity index is 2.13. The lowest BCUT2D eigenvalue weighted by Gasteiger charge is -2.31. The minimum atomic E-state index is -3.63. The topological polar surface area (TPSA) is 102 Å². The van der Waals surface area contributed by atoms with E-state index in [1.165, 1.54) is 16.7 Å². The third-order valence-electron chi connectivity index (χ3n) is 3.43. The second-order valence-corrected chi connectivity index (χ2v) is 7.03. The first-order valence-corrected chi connectivity index (χ1v) is 8.11. The van der Waals surface area contributed by atoms with Crippen LogP contribution in [-0.2, 0) is 26.1 Å². The lowest BCUT2D eigenvalue weighted by atomic mass is 10.0. The van der Waals surface area contributed by atoms with E-state index in [0.29, 0.717) is 19.7 Å². The number of carbonyl (C=O) groups is 1. The molecule has 0 radical (unpaired) electrons. The number of rotatable bonds is 6. The summed E-state index contributed by atoms with van der Waals surface area (Å²) in [5.74, 6) is -0.882. The lowest BCUT2D eigenvalue weighted by molar-refractivity contribution is -0.137. The third-order valence-corrected chi connectivity index (χ3v) is 5.25. The molecule has 1 atom stereocenters. The van der Waals surface area contributed by atoms with Crippen LogP contribution >= 0.6 is 0 Å². The monoisotopic (exact) mass is 317 g/mol. The van der Waals surface area contributed by atoms with E-state index in [2.05, 4.69) is 5.10 Å². The maximum Gasteiger partial charge on any atom is 0.325 e. The summed E-state index contributed by atoms with van der Waals surface area (Å²) in [6.07, 6.45) is 4.18. The van der Waals surface area contributed by atoms with Crippen LogP contribution in [0.1, 0.15) is 12.8 Å². The van der Waals surface area contributed by atoms with Crippen molar-refractivity contribution >= 4 is 16.0 Å². The van der Waals surface area contributed by atoms with Crippen molar-refractivity contribution in [2.24, 2.45) is 5.92 Å². The van der Waals surface area contributed by atoms with Gasteiger partial charge in [0.05, 0.1) is 12.8 Å². The summed E-state index contributed by atoms with van der Waals surface area (Å²) >= 11 is 0. The summed E-state index contributed by atoms with van der Waals surface area (Å²) < 4.78 is 32.7. The summed E-state index contributed by atoms with van der Waals surface area (Å²) in [6.45, 7) is 1.05. The number of hydrogen-bond donors (Lipinski definition) is 1. The van der Waals surface area contributed by atoms with Gasteiger partial charge in [0.1, 0.15) is 11.4 Å². The van der Waals surface area contributed by atoms with E-state index in [-0.39, 0.29) is 17.4 Å². The van der Waals surface area contributed by atoms with Crippen molar-refractivity contribution in [2.45, 2.75) is 24.3 Å². The molecular formula is C12H19N3O5S. The lowest BCUT2D eigenvalue weighted by Crippen LogP contribution is -2.41. The van der Waals surface area contributed by atoms with Crippen molar-refractivity contribution in [3.63, 3.8) is 0 Å². The average Bonchev–Trinajstić information content (AvgIpc) is 2.88. The van der Waals surface area contributed by atoms with Gasteiger partial charge in [0.25, 0.3) is 0 Å². The molecule has 1 aromatic heterocycles. The van der Waals surface area contributed by atoms with Crippen LogP contribution in [0.4, 0.5) is 0 Å². The number of aliphatic carboxylic acids is 1. The van der Waals surface area contributed by atoms with Gasteiger partial charge in [-0.05, 0) is 18.8 Å². The van der Waals surface area contributed by atoms with Crippen LogP contribution in [0.5, 0.6) is 0 Å². The molecule has 1 saturated heterocycles. The standard InChI is InChI=1S/C12H19N3O5S/c1-20-9-10-3-2-4-15(6-10)21(18,19)11-5-13-14(7-11)8-12(16)17/h5,7,10H,2-4,6,8-9H2,1H3,(H,16,17). The van der Waals surface area contributed by atoms with Gasteiger partial charge in [-0.1, -0.05) is 0 Å².